The van der Waals surface area contributed by atoms with Crippen molar-refractivity contribution in [2.75, 3.05) is 7.05 Å². The second-order valence-electron chi connectivity index (χ2n) is 5.66. The summed E-state index contributed by atoms with van der Waals surface area (Å²) >= 11 is 1.27. The Balaban J connectivity index is 1.98. The summed E-state index contributed by atoms with van der Waals surface area (Å²) in [5, 5.41) is 23.4. The molecule has 23 heavy (non-hydrogen) atoms. The lowest BCUT2D eigenvalue weighted by atomic mass is 9.83. The fourth-order valence-corrected chi connectivity index (χ4v) is 4.19. The number of aliphatic carboxylic acids is 1. The van der Waals surface area contributed by atoms with Crippen molar-refractivity contribution in [3.8, 4) is 0 Å². The molecule has 1 fully saturated rings. The third kappa shape index (κ3) is 2.25. The lowest BCUT2D eigenvalue weighted by Gasteiger charge is -2.44. The Kier molecular flexibility index (Phi) is 3.73. The molecule has 2 unspecified atom stereocenters. The summed E-state index contributed by atoms with van der Waals surface area (Å²) in [6.45, 7) is 1.53. The molecule has 0 saturated carbocycles. The number of aliphatic hydroxyl groups is 1. The predicted molar refractivity (Wildman–Crippen MR) is 82.7 cm³/mol. The molecule has 0 aliphatic carbocycles. The number of fused-ring (bicyclic) bond motifs is 1. The summed E-state index contributed by atoms with van der Waals surface area (Å²) in [6.07, 6.45) is -0.445. The van der Waals surface area contributed by atoms with Crippen LogP contribution in [-0.2, 0) is 9.59 Å². The van der Waals surface area contributed by atoms with Crippen LogP contribution in [0.4, 0.5) is 0 Å². The van der Waals surface area contributed by atoms with Gasteiger partial charge in [-0.2, -0.15) is 0 Å². The number of β-lactam (4-membered cyclic amide) rings is 1. The summed E-state index contributed by atoms with van der Waals surface area (Å²) in [7, 11) is 1.52. The number of carboxylic acid groups (broad SMARTS) is 1. The van der Waals surface area contributed by atoms with Crippen molar-refractivity contribution in [3.63, 3.8) is 0 Å². The maximum atomic E-state index is 12.1. The molecular formula is C15H16N2O5S. The Morgan fingerprint density at radius 3 is 2.74 bits per heavy atom. The molecule has 1 aromatic heterocycles. The summed E-state index contributed by atoms with van der Waals surface area (Å²) < 4.78 is 0. The minimum atomic E-state index is -1.17. The number of carbonyl (C=O) groups is 3. The first-order valence-electron chi connectivity index (χ1n) is 7.15. The molecule has 122 valence electrons. The zero-order chi connectivity index (χ0) is 16.9. The van der Waals surface area contributed by atoms with E-state index in [1.165, 1.54) is 30.2 Å². The van der Waals surface area contributed by atoms with E-state index < -0.39 is 18.0 Å². The molecule has 1 saturated heterocycles. The lowest BCUT2D eigenvalue weighted by Crippen LogP contribution is -2.61. The Labute approximate surface area is 136 Å². The van der Waals surface area contributed by atoms with E-state index in [1.807, 2.05) is 0 Å². The second-order valence-corrected chi connectivity index (χ2v) is 6.57. The molecule has 0 bridgehead atoms. The maximum absolute atomic E-state index is 12.1. The quantitative estimate of drug-likeness (QED) is 0.695. The van der Waals surface area contributed by atoms with Crippen molar-refractivity contribution in [1.82, 2.24) is 10.2 Å². The van der Waals surface area contributed by atoms with Gasteiger partial charge in [0.05, 0.1) is 23.6 Å². The van der Waals surface area contributed by atoms with Crippen LogP contribution in [0.2, 0.25) is 0 Å². The molecule has 0 aromatic carbocycles. The largest absolute Gasteiger partial charge is 0.477 e. The maximum Gasteiger partial charge on any atom is 0.352 e. The minimum Gasteiger partial charge on any atom is -0.477 e. The summed E-state index contributed by atoms with van der Waals surface area (Å²) in [5.74, 6) is -2.35. The van der Waals surface area contributed by atoms with Crippen molar-refractivity contribution >= 4 is 34.7 Å². The van der Waals surface area contributed by atoms with Gasteiger partial charge in [0.25, 0.3) is 5.91 Å². The third-order valence-electron chi connectivity index (χ3n) is 4.32. The number of rotatable bonds is 4. The van der Waals surface area contributed by atoms with E-state index in [4.69, 9.17) is 0 Å². The molecule has 2 aliphatic heterocycles. The lowest BCUT2D eigenvalue weighted by molar-refractivity contribution is -0.161. The number of hydrogen-bond acceptors (Lipinski definition) is 5. The Bertz CT molecular complexity index is 736. The minimum absolute atomic E-state index is 0.0396. The molecule has 7 nitrogen and oxygen atoms in total. The van der Waals surface area contributed by atoms with E-state index in [0.717, 1.165) is 0 Å². The third-order valence-corrected chi connectivity index (χ3v) is 5.31. The van der Waals surface area contributed by atoms with E-state index in [2.05, 4.69) is 5.32 Å². The molecule has 2 aliphatic rings. The fourth-order valence-electron chi connectivity index (χ4n) is 3.25. The predicted octanol–water partition coefficient (Wildman–Crippen LogP) is 0.515. The molecule has 3 N–H and O–H groups in total. The van der Waals surface area contributed by atoms with Gasteiger partial charge in [-0.3, -0.25) is 9.59 Å². The number of nitrogens with one attached hydrogen (secondary N) is 1. The Hall–Kier alpha value is -2.19. The first kappa shape index (κ1) is 15.7. The zero-order valence-corrected chi connectivity index (χ0v) is 13.4. The first-order chi connectivity index (χ1) is 10.9. The van der Waals surface area contributed by atoms with Gasteiger partial charge in [0.1, 0.15) is 5.70 Å². The van der Waals surface area contributed by atoms with Gasteiger partial charge in [-0.25, -0.2) is 4.79 Å². The van der Waals surface area contributed by atoms with Crippen LogP contribution in [0.5, 0.6) is 0 Å². The number of aliphatic hydroxyl groups excluding tert-OH is 1. The highest BCUT2D eigenvalue weighted by molar-refractivity contribution is 7.11. The highest BCUT2D eigenvalue weighted by Gasteiger charge is 2.56. The normalized spacial score (nSPS) is 24.3. The van der Waals surface area contributed by atoms with Gasteiger partial charge in [0.2, 0.25) is 5.91 Å². The number of amides is 2. The van der Waals surface area contributed by atoms with Crippen LogP contribution in [0.3, 0.4) is 0 Å². The van der Waals surface area contributed by atoms with Crippen LogP contribution in [0.15, 0.2) is 17.1 Å². The topological polar surface area (TPSA) is 107 Å². The fraction of sp³-hybridized carbons (Fsp3) is 0.400. The van der Waals surface area contributed by atoms with E-state index >= 15 is 0 Å². The van der Waals surface area contributed by atoms with E-state index in [-0.39, 0.29) is 23.6 Å². The highest BCUT2D eigenvalue weighted by atomic mass is 32.1. The van der Waals surface area contributed by atoms with Crippen molar-refractivity contribution in [2.24, 2.45) is 5.92 Å². The summed E-state index contributed by atoms with van der Waals surface area (Å²) in [6, 6.07) is 1.31. The van der Waals surface area contributed by atoms with E-state index in [1.54, 1.807) is 11.4 Å². The standard InChI is InChI=1S/C15H16N2O5S/c1-6(18)11-9-4-8(12(15(21)22)17(9)14(11)20)10-3-7(5-23-10)13(19)16-2/h3,5-6,9,11,18H,4H2,1-2H3,(H,16,19)(H,21,22)/t6-,9?,11?/m1/s1. The number of carboxylic acids is 1. The van der Waals surface area contributed by atoms with Gasteiger partial charge in [-0.1, -0.05) is 0 Å². The molecule has 3 heterocycles. The van der Waals surface area contributed by atoms with Gasteiger partial charge in [0.15, 0.2) is 0 Å². The second kappa shape index (κ2) is 5.47. The van der Waals surface area contributed by atoms with Crippen molar-refractivity contribution < 1.29 is 24.6 Å². The van der Waals surface area contributed by atoms with Crippen LogP contribution in [0.25, 0.3) is 5.57 Å². The zero-order valence-electron chi connectivity index (χ0n) is 12.6. The van der Waals surface area contributed by atoms with E-state index in [0.29, 0.717) is 22.4 Å². The Morgan fingerprint density at radius 2 is 2.17 bits per heavy atom. The molecule has 2 amide bonds. The SMILES string of the molecule is CNC(=O)c1csc(C2=C(C(=O)O)N3C(=O)C([C@@H](C)O)C3C2)c1. The van der Waals surface area contributed by atoms with Gasteiger partial charge in [-0.05, 0) is 19.4 Å². The van der Waals surface area contributed by atoms with E-state index in [9.17, 15) is 24.6 Å². The summed E-state index contributed by atoms with van der Waals surface area (Å²) in [5.41, 5.74) is 0.957. The Morgan fingerprint density at radius 1 is 1.48 bits per heavy atom. The average Bonchev–Trinajstić information content (AvgIpc) is 3.08. The molecule has 0 spiro atoms. The van der Waals surface area contributed by atoms with Crippen molar-refractivity contribution in [1.29, 1.82) is 0 Å². The molecule has 1 aromatic rings. The number of carbonyl (C=O) groups excluding carboxylic acids is 2. The monoisotopic (exact) mass is 336 g/mol. The van der Waals surface area contributed by atoms with Crippen LogP contribution < -0.4 is 5.32 Å². The number of nitrogens with zero attached hydrogens (tertiary/aromatic N) is 1. The molecule has 3 atom stereocenters. The van der Waals surface area contributed by atoms with Crippen molar-refractivity contribution in [3.05, 3.63) is 27.6 Å². The van der Waals surface area contributed by atoms with Gasteiger partial charge in [0, 0.05) is 22.9 Å². The first-order valence-corrected chi connectivity index (χ1v) is 8.03. The highest BCUT2D eigenvalue weighted by Crippen LogP contribution is 2.47. The van der Waals surface area contributed by atoms with Gasteiger partial charge >= 0.3 is 5.97 Å². The summed E-state index contributed by atoms with van der Waals surface area (Å²) in [4.78, 5) is 37.3. The van der Waals surface area contributed by atoms with Crippen LogP contribution in [-0.4, -0.2) is 52.1 Å². The van der Waals surface area contributed by atoms with Gasteiger partial charge < -0.3 is 20.4 Å². The number of thiophene rings is 1. The van der Waals surface area contributed by atoms with Crippen LogP contribution >= 0.6 is 11.3 Å². The van der Waals surface area contributed by atoms with Crippen LogP contribution in [0, 0.1) is 5.92 Å². The molecule has 8 heteroatoms. The molecule has 3 rings (SSSR count). The van der Waals surface area contributed by atoms with Crippen LogP contribution in [0.1, 0.15) is 28.6 Å². The average molecular weight is 336 g/mol. The molecular weight excluding hydrogens is 320 g/mol. The number of hydrogen-bond donors (Lipinski definition) is 3. The van der Waals surface area contributed by atoms with Gasteiger partial charge in [-0.15, -0.1) is 11.3 Å². The molecule has 0 radical (unpaired) electrons. The smallest absolute Gasteiger partial charge is 0.352 e. The van der Waals surface area contributed by atoms with Crippen molar-refractivity contribution in [2.45, 2.75) is 25.5 Å².